The van der Waals surface area contributed by atoms with E-state index >= 15 is 0 Å². The van der Waals surface area contributed by atoms with Crippen LogP contribution in [0.25, 0.3) is 5.65 Å². The van der Waals surface area contributed by atoms with Crippen molar-refractivity contribution in [3.8, 4) is 0 Å². The largest absolute Gasteiger partial charge is 0.383 e. The monoisotopic (exact) mass is 382 g/mol. The van der Waals surface area contributed by atoms with Crippen molar-refractivity contribution in [2.45, 2.75) is 18.8 Å². The van der Waals surface area contributed by atoms with E-state index in [9.17, 15) is 14.0 Å². The lowest BCUT2D eigenvalue weighted by Crippen LogP contribution is -2.28. The number of amides is 1. The molecule has 0 spiro atoms. The lowest BCUT2D eigenvalue weighted by atomic mass is 9.94. The number of rotatable bonds is 3. The minimum Gasteiger partial charge on any atom is -0.383 e. The Hall–Kier alpha value is -3.33. The highest BCUT2D eigenvalue weighted by Crippen LogP contribution is 2.25. The molecule has 1 saturated heterocycles. The van der Waals surface area contributed by atoms with Crippen LogP contribution in [0.5, 0.6) is 0 Å². The van der Waals surface area contributed by atoms with E-state index in [0.29, 0.717) is 0 Å². The van der Waals surface area contributed by atoms with Gasteiger partial charge in [0.15, 0.2) is 0 Å². The minimum absolute atomic E-state index is 0.0382. The molecule has 1 aliphatic rings. The Balaban J connectivity index is 1.74. The van der Waals surface area contributed by atoms with Crippen LogP contribution in [0.3, 0.4) is 0 Å². The van der Waals surface area contributed by atoms with Gasteiger partial charge in [0.05, 0.1) is 17.5 Å². The molecule has 28 heavy (non-hydrogen) atoms. The molecule has 0 aliphatic carbocycles. The van der Waals surface area contributed by atoms with E-state index in [0.717, 1.165) is 31.6 Å². The van der Waals surface area contributed by atoms with Crippen LogP contribution < -0.4 is 16.6 Å². The predicted molar refractivity (Wildman–Crippen MR) is 102 cm³/mol. The minimum atomic E-state index is -0.700. The fraction of sp³-hybridized carbons (Fsp3) is 0.263. The number of hydrogen-bond acceptors (Lipinski definition) is 4. The molecule has 4 rings (SSSR count). The molecule has 0 bridgehead atoms. The van der Waals surface area contributed by atoms with Crippen LogP contribution in [0.2, 0.25) is 0 Å². The van der Waals surface area contributed by atoms with Gasteiger partial charge < -0.3 is 16.0 Å². The number of nitrogens with zero attached hydrogens (tertiary/aromatic N) is 3. The summed E-state index contributed by atoms with van der Waals surface area (Å²) in [6.07, 6.45) is 3.09. The molecule has 8 nitrogen and oxygen atoms in total. The van der Waals surface area contributed by atoms with Crippen molar-refractivity contribution in [2.24, 2.45) is 10.7 Å². The highest BCUT2D eigenvalue weighted by Gasteiger charge is 2.22. The van der Waals surface area contributed by atoms with Crippen molar-refractivity contribution in [3.63, 3.8) is 0 Å². The number of hydrogen-bond donors (Lipinski definition) is 3. The van der Waals surface area contributed by atoms with Gasteiger partial charge in [0, 0.05) is 12.0 Å². The summed E-state index contributed by atoms with van der Waals surface area (Å²) in [5.74, 6) is -1.34. The van der Waals surface area contributed by atoms with Crippen LogP contribution in [0.1, 0.15) is 40.4 Å². The summed E-state index contributed by atoms with van der Waals surface area (Å²) < 4.78 is 15.4. The Kier molecular flexibility index (Phi) is 4.74. The Morgan fingerprint density at radius 3 is 2.75 bits per heavy atom. The fourth-order valence-electron chi connectivity index (χ4n) is 3.48. The number of amidine groups is 1. The molecule has 0 atom stereocenters. The second-order valence-corrected chi connectivity index (χ2v) is 6.68. The van der Waals surface area contributed by atoms with Gasteiger partial charge in [-0.2, -0.15) is 10.1 Å². The first-order valence-corrected chi connectivity index (χ1v) is 8.99. The van der Waals surface area contributed by atoms with Crippen molar-refractivity contribution < 1.29 is 9.18 Å². The van der Waals surface area contributed by atoms with Crippen LogP contribution >= 0.6 is 0 Å². The van der Waals surface area contributed by atoms with Crippen LogP contribution in [-0.4, -0.2) is 39.4 Å². The number of carbonyl (C=O) groups is 1. The first-order chi connectivity index (χ1) is 13.5. The molecular formula is C19H19FN6O2. The molecule has 4 N–H and O–H groups in total. The molecule has 1 aliphatic heterocycles. The number of carbonyl (C=O) groups excluding carboxylic acids is 1. The number of piperidine rings is 1. The first kappa shape index (κ1) is 18.1. The summed E-state index contributed by atoms with van der Waals surface area (Å²) in [7, 11) is 0. The molecule has 144 valence electrons. The summed E-state index contributed by atoms with van der Waals surface area (Å²) in [4.78, 5) is 31.3. The van der Waals surface area contributed by atoms with E-state index in [4.69, 9.17) is 5.73 Å². The number of nitrogens with one attached hydrogen (secondary N) is 2. The molecular weight excluding hydrogens is 363 g/mol. The van der Waals surface area contributed by atoms with E-state index in [2.05, 4.69) is 20.4 Å². The number of benzene rings is 1. The number of aromatic nitrogens is 3. The molecule has 3 heterocycles. The molecule has 0 radical (unpaired) electrons. The zero-order chi connectivity index (χ0) is 19.7. The summed E-state index contributed by atoms with van der Waals surface area (Å²) in [6.45, 7) is 1.71. The molecule has 0 unspecified atom stereocenters. The summed E-state index contributed by atoms with van der Waals surface area (Å²) in [6, 6.07) is 7.31. The van der Waals surface area contributed by atoms with E-state index in [1.807, 2.05) is 0 Å². The second kappa shape index (κ2) is 7.35. The van der Waals surface area contributed by atoms with E-state index in [-0.39, 0.29) is 34.1 Å². The van der Waals surface area contributed by atoms with Crippen molar-refractivity contribution in [1.82, 2.24) is 19.9 Å². The predicted octanol–water partition coefficient (Wildman–Crippen LogP) is 1.17. The van der Waals surface area contributed by atoms with Gasteiger partial charge in [0.2, 0.25) is 0 Å². The SMILES string of the molecule is NC(=NC(=O)c1cnn2c(C3CCNCC3)cc(=O)[nH]c12)c1ccccc1F. The third kappa shape index (κ3) is 3.31. The van der Waals surface area contributed by atoms with Crippen LogP contribution in [0, 0.1) is 5.82 Å². The second-order valence-electron chi connectivity index (χ2n) is 6.68. The van der Waals surface area contributed by atoms with E-state index in [1.54, 1.807) is 10.6 Å². The number of aromatic amines is 1. The maximum atomic E-state index is 13.9. The third-order valence-corrected chi connectivity index (χ3v) is 4.89. The highest BCUT2D eigenvalue weighted by molar-refractivity contribution is 6.10. The number of nitrogens with two attached hydrogens (primary N) is 1. The quantitative estimate of drug-likeness (QED) is 0.464. The maximum Gasteiger partial charge on any atom is 0.284 e. The standard InChI is InChI=1S/C19H19FN6O2/c20-14-4-2-1-3-12(14)17(21)25-19(28)13-10-23-26-15(9-16(27)24-18(13)26)11-5-7-22-8-6-11/h1-4,9-11,22H,5-8H2,(H,24,27)(H2,21,25,28). The van der Waals surface area contributed by atoms with Crippen molar-refractivity contribution in [2.75, 3.05) is 13.1 Å². The van der Waals surface area contributed by atoms with Gasteiger partial charge >= 0.3 is 0 Å². The summed E-state index contributed by atoms with van der Waals surface area (Å²) >= 11 is 0. The molecule has 1 fully saturated rings. The van der Waals surface area contributed by atoms with E-state index < -0.39 is 11.7 Å². The van der Waals surface area contributed by atoms with Gasteiger partial charge in [-0.25, -0.2) is 8.91 Å². The first-order valence-electron chi connectivity index (χ1n) is 8.99. The number of fused-ring (bicyclic) bond motifs is 1. The third-order valence-electron chi connectivity index (χ3n) is 4.89. The number of halogens is 1. The Morgan fingerprint density at radius 1 is 1.25 bits per heavy atom. The normalized spacial score (nSPS) is 15.8. The van der Waals surface area contributed by atoms with Gasteiger partial charge in [-0.3, -0.25) is 9.59 Å². The molecule has 0 saturated carbocycles. The van der Waals surface area contributed by atoms with Crippen LogP contribution in [-0.2, 0) is 0 Å². The topological polar surface area (TPSA) is 118 Å². The summed E-state index contributed by atoms with van der Waals surface area (Å²) in [5, 5.41) is 7.55. The molecule has 2 aromatic heterocycles. The van der Waals surface area contributed by atoms with E-state index in [1.165, 1.54) is 30.5 Å². The van der Waals surface area contributed by atoms with Crippen molar-refractivity contribution in [1.29, 1.82) is 0 Å². The maximum absolute atomic E-state index is 13.9. The zero-order valence-electron chi connectivity index (χ0n) is 15.0. The summed E-state index contributed by atoms with van der Waals surface area (Å²) in [5.41, 5.74) is 6.65. The zero-order valence-corrected chi connectivity index (χ0v) is 15.0. The lowest BCUT2D eigenvalue weighted by molar-refractivity contribution is 0.100. The Labute approximate surface area is 159 Å². The average Bonchev–Trinajstić information content (AvgIpc) is 3.12. The Bertz CT molecular complexity index is 1130. The van der Waals surface area contributed by atoms with Gasteiger partial charge in [-0.15, -0.1) is 0 Å². The van der Waals surface area contributed by atoms with Crippen LogP contribution in [0.4, 0.5) is 4.39 Å². The molecule has 1 aromatic carbocycles. The smallest absolute Gasteiger partial charge is 0.284 e. The number of aliphatic imine (C=N–C) groups is 1. The number of H-pyrrole nitrogens is 1. The van der Waals surface area contributed by atoms with Crippen molar-refractivity contribution in [3.05, 3.63) is 69.5 Å². The van der Waals surface area contributed by atoms with Gasteiger partial charge in [0.25, 0.3) is 11.5 Å². The van der Waals surface area contributed by atoms with Gasteiger partial charge in [-0.1, -0.05) is 12.1 Å². The van der Waals surface area contributed by atoms with Crippen LogP contribution in [0.15, 0.2) is 46.3 Å². The van der Waals surface area contributed by atoms with Gasteiger partial charge in [-0.05, 0) is 38.1 Å². The molecule has 1 amide bonds. The highest BCUT2D eigenvalue weighted by atomic mass is 19.1. The molecule has 9 heteroatoms. The van der Waals surface area contributed by atoms with Crippen molar-refractivity contribution >= 4 is 17.4 Å². The molecule has 3 aromatic rings. The lowest BCUT2D eigenvalue weighted by Gasteiger charge is -2.23. The fourth-order valence-corrected chi connectivity index (χ4v) is 3.48. The van der Waals surface area contributed by atoms with Gasteiger partial charge in [0.1, 0.15) is 22.9 Å². The average molecular weight is 382 g/mol. The Morgan fingerprint density at radius 2 is 2.00 bits per heavy atom.